The van der Waals surface area contributed by atoms with Crippen molar-refractivity contribution in [3.8, 4) is 6.07 Å². The maximum Gasteiger partial charge on any atom is 0.431 e. The summed E-state index contributed by atoms with van der Waals surface area (Å²) >= 11 is 0. The number of para-hydroxylation sites is 1. The minimum atomic E-state index is -4.76. The van der Waals surface area contributed by atoms with E-state index in [-0.39, 0.29) is 11.5 Å². The van der Waals surface area contributed by atoms with E-state index >= 15 is 0 Å². The van der Waals surface area contributed by atoms with Gasteiger partial charge >= 0.3 is 6.18 Å². The van der Waals surface area contributed by atoms with Crippen LogP contribution in [0.5, 0.6) is 0 Å². The monoisotopic (exact) mass is 402 g/mol. The van der Waals surface area contributed by atoms with Gasteiger partial charge in [0.15, 0.2) is 5.71 Å². The SMILES string of the molecule is N#CC1=C(N)OC2C(C(C(F)(F)F)=NN2c2ccccc2)C1c1ccc(F)cc1. The molecule has 29 heavy (non-hydrogen) atoms. The lowest BCUT2D eigenvalue weighted by Crippen LogP contribution is -2.46. The molecule has 0 saturated carbocycles. The van der Waals surface area contributed by atoms with E-state index in [2.05, 4.69) is 5.10 Å². The molecule has 3 unspecified atom stereocenters. The van der Waals surface area contributed by atoms with Crippen molar-refractivity contribution in [2.45, 2.75) is 18.3 Å². The number of fused-ring (bicyclic) bond motifs is 1. The molecule has 148 valence electrons. The average Bonchev–Trinajstić information content (AvgIpc) is 3.08. The van der Waals surface area contributed by atoms with E-state index in [4.69, 9.17) is 10.5 Å². The van der Waals surface area contributed by atoms with Crippen LogP contribution in [0.3, 0.4) is 0 Å². The fourth-order valence-corrected chi connectivity index (χ4v) is 3.70. The highest BCUT2D eigenvalue weighted by molar-refractivity contribution is 5.96. The minimum Gasteiger partial charge on any atom is -0.452 e. The number of nitrogens with zero attached hydrogens (tertiary/aromatic N) is 3. The van der Waals surface area contributed by atoms with Gasteiger partial charge in [-0.25, -0.2) is 9.40 Å². The second-order valence-electron chi connectivity index (χ2n) is 6.62. The standard InChI is InChI=1S/C20H14F4N4O/c21-12-8-6-11(7-9-12)15-14(10-25)18(26)29-19-16(15)17(20(22,23)24)27-28(19)13-4-2-1-3-5-13/h1-9,15-16,19H,26H2. The minimum absolute atomic E-state index is 0.148. The van der Waals surface area contributed by atoms with Gasteiger partial charge in [-0.2, -0.15) is 23.5 Å². The number of allylic oxidation sites excluding steroid dienone is 1. The van der Waals surface area contributed by atoms with Crippen molar-refractivity contribution < 1.29 is 22.3 Å². The van der Waals surface area contributed by atoms with Gasteiger partial charge in [-0.3, -0.25) is 0 Å². The van der Waals surface area contributed by atoms with E-state index in [9.17, 15) is 22.8 Å². The molecule has 2 aliphatic rings. The van der Waals surface area contributed by atoms with Crippen molar-refractivity contribution >= 4 is 11.4 Å². The van der Waals surface area contributed by atoms with Gasteiger partial charge in [0.05, 0.1) is 17.2 Å². The van der Waals surface area contributed by atoms with E-state index in [1.54, 1.807) is 30.3 Å². The van der Waals surface area contributed by atoms with E-state index in [0.717, 1.165) is 17.1 Å². The summed E-state index contributed by atoms with van der Waals surface area (Å²) in [7, 11) is 0. The highest BCUT2D eigenvalue weighted by Gasteiger charge is 2.57. The van der Waals surface area contributed by atoms with Gasteiger partial charge in [0.2, 0.25) is 12.1 Å². The number of nitrogens with two attached hydrogens (primary N) is 1. The molecular weight excluding hydrogens is 388 g/mol. The molecule has 0 amide bonds. The third-order valence-electron chi connectivity index (χ3n) is 4.92. The number of hydrogen-bond donors (Lipinski definition) is 1. The number of nitriles is 1. The molecule has 0 saturated heterocycles. The highest BCUT2D eigenvalue weighted by Crippen LogP contribution is 2.48. The molecule has 2 aliphatic heterocycles. The zero-order valence-electron chi connectivity index (χ0n) is 14.8. The van der Waals surface area contributed by atoms with Crippen molar-refractivity contribution in [3.05, 3.63) is 77.4 Å². The summed E-state index contributed by atoms with van der Waals surface area (Å²) in [4.78, 5) is 0. The van der Waals surface area contributed by atoms with Crippen molar-refractivity contribution in [2.24, 2.45) is 16.8 Å². The predicted molar refractivity (Wildman–Crippen MR) is 96.7 cm³/mol. The summed E-state index contributed by atoms with van der Waals surface area (Å²) in [5.74, 6) is -3.27. The van der Waals surface area contributed by atoms with Crippen LogP contribution in [0.4, 0.5) is 23.2 Å². The van der Waals surface area contributed by atoms with Gasteiger partial charge in [-0.1, -0.05) is 30.3 Å². The molecule has 3 atom stereocenters. The molecule has 0 aliphatic carbocycles. The van der Waals surface area contributed by atoms with E-state index in [1.165, 1.54) is 12.1 Å². The summed E-state index contributed by atoms with van der Waals surface area (Å²) in [6.45, 7) is 0. The van der Waals surface area contributed by atoms with Gasteiger partial charge in [0, 0.05) is 5.92 Å². The van der Waals surface area contributed by atoms with Crippen LogP contribution in [-0.2, 0) is 4.74 Å². The average molecular weight is 402 g/mol. The van der Waals surface area contributed by atoms with Crippen LogP contribution in [0, 0.1) is 23.1 Å². The summed E-state index contributed by atoms with van der Waals surface area (Å²) in [6.07, 6.45) is -5.97. The second kappa shape index (κ2) is 6.81. The number of alkyl halides is 3. The maximum absolute atomic E-state index is 13.9. The number of anilines is 1. The zero-order chi connectivity index (χ0) is 20.8. The summed E-state index contributed by atoms with van der Waals surface area (Å²) in [5, 5.41) is 14.5. The molecular formula is C20H14F4N4O. The first-order valence-corrected chi connectivity index (χ1v) is 8.63. The quantitative estimate of drug-likeness (QED) is 0.771. The fourth-order valence-electron chi connectivity index (χ4n) is 3.70. The predicted octanol–water partition coefficient (Wildman–Crippen LogP) is 4.01. The molecule has 2 N–H and O–H groups in total. The normalized spacial score (nSPS) is 23.9. The van der Waals surface area contributed by atoms with Gasteiger partial charge in [-0.15, -0.1) is 0 Å². The summed E-state index contributed by atoms with van der Waals surface area (Å²) < 4.78 is 60.6. The zero-order valence-corrected chi connectivity index (χ0v) is 14.8. The fraction of sp³-hybridized carbons (Fsp3) is 0.200. The topological polar surface area (TPSA) is 74.6 Å². The lowest BCUT2D eigenvalue weighted by molar-refractivity contribution is -0.0658. The van der Waals surface area contributed by atoms with E-state index in [0.29, 0.717) is 11.3 Å². The van der Waals surface area contributed by atoms with Crippen molar-refractivity contribution in [3.63, 3.8) is 0 Å². The van der Waals surface area contributed by atoms with Crippen LogP contribution < -0.4 is 10.7 Å². The Morgan fingerprint density at radius 2 is 1.72 bits per heavy atom. The Morgan fingerprint density at radius 1 is 1.07 bits per heavy atom. The van der Waals surface area contributed by atoms with Crippen LogP contribution in [-0.4, -0.2) is 18.1 Å². The molecule has 0 bridgehead atoms. The van der Waals surface area contributed by atoms with Gasteiger partial charge in [0.1, 0.15) is 11.9 Å². The number of hydrogen-bond acceptors (Lipinski definition) is 5. The first kappa shape index (κ1) is 18.8. The molecule has 2 aromatic carbocycles. The lowest BCUT2D eigenvalue weighted by atomic mass is 9.76. The number of hydrazone groups is 1. The number of benzene rings is 2. The van der Waals surface area contributed by atoms with Gasteiger partial charge in [0.25, 0.3) is 0 Å². The second-order valence-corrected chi connectivity index (χ2v) is 6.62. The van der Waals surface area contributed by atoms with Crippen molar-refractivity contribution in [2.75, 3.05) is 5.01 Å². The van der Waals surface area contributed by atoms with Crippen LogP contribution >= 0.6 is 0 Å². The van der Waals surface area contributed by atoms with E-state index < -0.39 is 35.8 Å². The third kappa shape index (κ3) is 3.16. The molecule has 9 heteroatoms. The Morgan fingerprint density at radius 3 is 2.31 bits per heavy atom. The Hall–Kier alpha value is -3.54. The van der Waals surface area contributed by atoms with Crippen molar-refractivity contribution in [1.82, 2.24) is 0 Å². The highest BCUT2D eigenvalue weighted by atomic mass is 19.4. The van der Waals surface area contributed by atoms with Crippen molar-refractivity contribution in [1.29, 1.82) is 5.26 Å². The molecule has 5 nitrogen and oxygen atoms in total. The van der Waals surface area contributed by atoms with Gasteiger partial charge < -0.3 is 10.5 Å². The number of rotatable bonds is 2. The number of ether oxygens (including phenoxy) is 1. The van der Waals surface area contributed by atoms with Crippen LogP contribution in [0.2, 0.25) is 0 Å². The first-order chi connectivity index (χ1) is 13.8. The third-order valence-corrected chi connectivity index (χ3v) is 4.92. The smallest absolute Gasteiger partial charge is 0.431 e. The Bertz CT molecular complexity index is 1030. The molecule has 2 aromatic rings. The maximum atomic E-state index is 13.9. The Labute approximate surface area is 163 Å². The largest absolute Gasteiger partial charge is 0.452 e. The van der Waals surface area contributed by atoms with Gasteiger partial charge in [-0.05, 0) is 29.8 Å². The molecule has 2 heterocycles. The Kier molecular flexibility index (Phi) is 4.42. The molecule has 0 aromatic heterocycles. The van der Waals surface area contributed by atoms with Crippen LogP contribution in [0.15, 0.2) is 71.2 Å². The summed E-state index contributed by atoms with van der Waals surface area (Å²) in [6, 6.07) is 15.0. The summed E-state index contributed by atoms with van der Waals surface area (Å²) in [5.41, 5.74) is 5.37. The van der Waals surface area contributed by atoms with E-state index in [1.807, 2.05) is 6.07 Å². The first-order valence-electron chi connectivity index (χ1n) is 8.63. The molecule has 0 spiro atoms. The molecule has 4 rings (SSSR count). The Balaban J connectivity index is 1.90. The van der Waals surface area contributed by atoms with Crippen LogP contribution in [0.1, 0.15) is 11.5 Å². The van der Waals surface area contributed by atoms with Crippen LogP contribution in [0.25, 0.3) is 0 Å². The lowest BCUT2D eigenvalue weighted by Gasteiger charge is -2.37. The molecule has 0 fully saturated rings. The number of halogens is 4. The molecule has 0 radical (unpaired) electrons.